The summed E-state index contributed by atoms with van der Waals surface area (Å²) in [4.78, 5) is 0. The zero-order valence-corrected chi connectivity index (χ0v) is 9.64. The summed E-state index contributed by atoms with van der Waals surface area (Å²) in [5.74, 6) is 0. The molecule has 82 valence electrons. The minimum Gasteiger partial charge on any atom is -0.411 e. The number of nitrogens with zero attached hydrogens (tertiary/aromatic N) is 2. The summed E-state index contributed by atoms with van der Waals surface area (Å²) in [6.45, 7) is 7.72. The average molecular weight is 207 g/mol. The summed E-state index contributed by atoms with van der Waals surface area (Å²) in [7, 11) is 0. The van der Waals surface area contributed by atoms with Crippen molar-refractivity contribution in [1.82, 2.24) is 0 Å². The van der Waals surface area contributed by atoms with E-state index in [0.717, 1.165) is 18.5 Å². The Kier molecular flexibility index (Phi) is 3.83. The first-order valence-corrected chi connectivity index (χ1v) is 5.18. The fraction of sp³-hybridized carbons (Fsp3) is 0.500. The Morgan fingerprint density at radius 3 is 2.40 bits per heavy atom. The molecule has 0 aromatic carbocycles. The molecule has 0 spiro atoms. The molecule has 1 rings (SSSR count). The van der Waals surface area contributed by atoms with Gasteiger partial charge in [-0.05, 0) is 5.41 Å². The number of hydrogen-bond donors (Lipinski definition) is 1. The molecule has 1 heterocycles. The second-order valence-electron chi connectivity index (χ2n) is 4.92. The molecule has 0 atom stereocenters. The summed E-state index contributed by atoms with van der Waals surface area (Å²) in [5, 5.41) is 11.3. The highest BCUT2D eigenvalue weighted by atomic mass is 16.4. The number of aryl methyl sites for hydroxylation is 1. The van der Waals surface area contributed by atoms with Crippen LogP contribution in [0, 0.1) is 5.41 Å². The number of oxime groups is 1. The van der Waals surface area contributed by atoms with E-state index in [9.17, 15) is 0 Å². The highest BCUT2D eigenvalue weighted by Gasteiger charge is 2.12. The van der Waals surface area contributed by atoms with E-state index in [4.69, 9.17) is 5.21 Å². The third kappa shape index (κ3) is 4.58. The second kappa shape index (κ2) is 4.91. The van der Waals surface area contributed by atoms with Crippen LogP contribution < -0.4 is 4.57 Å². The van der Waals surface area contributed by atoms with Gasteiger partial charge in [-0.2, -0.15) is 0 Å². The molecule has 15 heavy (non-hydrogen) atoms. The molecular formula is C12H19N2O+. The maximum Gasteiger partial charge on any atom is 0.169 e. The summed E-state index contributed by atoms with van der Waals surface area (Å²) in [6, 6.07) is 3.87. The first-order valence-electron chi connectivity index (χ1n) is 5.18. The number of pyridine rings is 1. The van der Waals surface area contributed by atoms with Crippen molar-refractivity contribution in [3.63, 3.8) is 0 Å². The summed E-state index contributed by atoms with van der Waals surface area (Å²) >= 11 is 0. The van der Waals surface area contributed by atoms with Gasteiger partial charge >= 0.3 is 0 Å². The molecule has 0 amide bonds. The molecule has 3 nitrogen and oxygen atoms in total. The highest BCUT2D eigenvalue weighted by molar-refractivity contribution is 5.78. The van der Waals surface area contributed by atoms with Crippen LogP contribution >= 0.6 is 0 Å². The Morgan fingerprint density at radius 1 is 1.33 bits per heavy atom. The molecule has 1 aromatic rings. The van der Waals surface area contributed by atoms with E-state index in [1.165, 1.54) is 6.21 Å². The lowest BCUT2D eigenvalue weighted by atomic mass is 9.92. The smallest absolute Gasteiger partial charge is 0.169 e. The van der Waals surface area contributed by atoms with E-state index >= 15 is 0 Å². The maximum absolute atomic E-state index is 8.36. The van der Waals surface area contributed by atoms with Crippen LogP contribution in [0.2, 0.25) is 0 Å². The zero-order valence-electron chi connectivity index (χ0n) is 9.64. The van der Waals surface area contributed by atoms with Crippen molar-refractivity contribution in [2.24, 2.45) is 10.6 Å². The lowest BCUT2D eigenvalue weighted by molar-refractivity contribution is -0.698. The first kappa shape index (κ1) is 11.7. The Hall–Kier alpha value is -1.38. The Balaban J connectivity index is 2.57. The molecule has 0 unspecified atom stereocenters. The maximum atomic E-state index is 8.36. The zero-order chi connectivity index (χ0) is 11.3. The molecular weight excluding hydrogens is 188 g/mol. The van der Waals surface area contributed by atoms with E-state index < -0.39 is 0 Å². The summed E-state index contributed by atoms with van der Waals surface area (Å²) in [6.07, 6.45) is 6.57. The minimum absolute atomic E-state index is 0.359. The van der Waals surface area contributed by atoms with Crippen molar-refractivity contribution in [2.45, 2.75) is 33.7 Å². The Labute approximate surface area is 91.1 Å². The monoisotopic (exact) mass is 207 g/mol. The van der Waals surface area contributed by atoms with Crippen LogP contribution in [0.5, 0.6) is 0 Å². The van der Waals surface area contributed by atoms with Crippen molar-refractivity contribution in [2.75, 3.05) is 0 Å². The van der Waals surface area contributed by atoms with Crippen LogP contribution in [0.1, 0.15) is 32.8 Å². The van der Waals surface area contributed by atoms with Gasteiger partial charge in [0.1, 0.15) is 6.54 Å². The third-order valence-corrected chi connectivity index (χ3v) is 2.24. The Morgan fingerprint density at radius 2 is 1.93 bits per heavy atom. The van der Waals surface area contributed by atoms with Crippen molar-refractivity contribution < 1.29 is 9.77 Å². The molecule has 1 aromatic heterocycles. The molecule has 0 aliphatic rings. The second-order valence-corrected chi connectivity index (χ2v) is 4.92. The molecule has 0 aliphatic carbocycles. The van der Waals surface area contributed by atoms with E-state index in [0.29, 0.717) is 5.41 Å². The third-order valence-electron chi connectivity index (χ3n) is 2.24. The predicted octanol–water partition coefficient (Wildman–Crippen LogP) is 2.22. The Bertz CT molecular complexity index is 322. The standard InChI is InChI=1S/C12H18N2O/c1-12(2,3)6-9-14-7-4-11(5-8-14)10-13-15/h4-5,7-8,10H,6,9H2,1-3H3/p+1. The SMILES string of the molecule is CC(C)(C)CC[n+]1ccc(/C=N/O)cc1. The number of aromatic nitrogens is 1. The molecule has 0 aliphatic heterocycles. The van der Waals surface area contributed by atoms with E-state index in [1.54, 1.807) is 0 Å². The molecule has 0 fully saturated rings. The highest BCUT2D eigenvalue weighted by Crippen LogP contribution is 2.17. The normalized spacial score (nSPS) is 12.2. The van der Waals surface area contributed by atoms with Crippen LogP contribution in [0.15, 0.2) is 29.7 Å². The topological polar surface area (TPSA) is 36.5 Å². The summed E-state index contributed by atoms with van der Waals surface area (Å²) in [5.41, 5.74) is 1.27. The van der Waals surface area contributed by atoms with Gasteiger partial charge in [0.05, 0.1) is 6.21 Å². The summed E-state index contributed by atoms with van der Waals surface area (Å²) < 4.78 is 2.14. The molecule has 0 saturated heterocycles. The van der Waals surface area contributed by atoms with Gasteiger partial charge in [-0.15, -0.1) is 0 Å². The number of hydrogen-bond acceptors (Lipinski definition) is 2. The first-order chi connectivity index (χ1) is 7.01. The largest absolute Gasteiger partial charge is 0.411 e. The predicted molar refractivity (Wildman–Crippen MR) is 60.1 cm³/mol. The molecule has 0 radical (unpaired) electrons. The van der Waals surface area contributed by atoms with Crippen LogP contribution in [0.4, 0.5) is 0 Å². The van der Waals surface area contributed by atoms with Crippen LogP contribution in [-0.4, -0.2) is 11.4 Å². The van der Waals surface area contributed by atoms with E-state index in [-0.39, 0.29) is 0 Å². The quantitative estimate of drug-likeness (QED) is 0.351. The lowest BCUT2D eigenvalue weighted by Gasteiger charge is -2.15. The van der Waals surface area contributed by atoms with Crippen molar-refractivity contribution in [3.05, 3.63) is 30.1 Å². The van der Waals surface area contributed by atoms with Gasteiger partial charge in [-0.3, -0.25) is 0 Å². The van der Waals surface area contributed by atoms with E-state index in [2.05, 4.69) is 30.5 Å². The van der Waals surface area contributed by atoms with Crippen molar-refractivity contribution in [3.8, 4) is 0 Å². The van der Waals surface area contributed by atoms with Gasteiger partial charge < -0.3 is 5.21 Å². The molecule has 0 bridgehead atoms. The minimum atomic E-state index is 0.359. The van der Waals surface area contributed by atoms with E-state index in [1.807, 2.05) is 24.5 Å². The van der Waals surface area contributed by atoms with Crippen LogP contribution in [-0.2, 0) is 6.54 Å². The fourth-order valence-corrected chi connectivity index (χ4v) is 1.24. The molecule has 3 heteroatoms. The van der Waals surface area contributed by atoms with Crippen LogP contribution in [0.3, 0.4) is 0 Å². The van der Waals surface area contributed by atoms with Gasteiger partial charge in [-0.1, -0.05) is 25.9 Å². The van der Waals surface area contributed by atoms with Crippen LogP contribution in [0.25, 0.3) is 0 Å². The fourth-order valence-electron chi connectivity index (χ4n) is 1.24. The van der Waals surface area contributed by atoms with Gasteiger partial charge in [-0.25, -0.2) is 4.57 Å². The average Bonchev–Trinajstić information content (AvgIpc) is 2.16. The van der Waals surface area contributed by atoms with Gasteiger partial charge in [0.15, 0.2) is 12.4 Å². The van der Waals surface area contributed by atoms with Gasteiger partial charge in [0, 0.05) is 24.1 Å². The van der Waals surface area contributed by atoms with Crippen molar-refractivity contribution >= 4 is 6.21 Å². The van der Waals surface area contributed by atoms with Gasteiger partial charge in [0.25, 0.3) is 0 Å². The molecule has 0 saturated carbocycles. The molecule has 1 N–H and O–H groups in total. The van der Waals surface area contributed by atoms with Gasteiger partial charge in [0.2, 0.25) is 0 Å². The number of rotatable bonds is 3. The van der Waals surface area contributed by atoms with Crippen molar-refractivity contribution in [1.29, 1.82) is 0 Å². The lowest BCUT2D eigenvalue weighted by Crippen LogP contribution is -2.34.